The monoisotopic (exact) mass is 678 g/mol. The molecule has 0 atom stereocenters. The number of hydrogen-bond acceptors (Lipinski definition) is 3. The molecule has 0 fully saturated rings. The zero-order valence-corrected chi connectivity index (χ0v) is 28.9. The third-order valence-corrected chi connectivity index (χ3v) is 12.1. The topological polar surface area (TPSA) is 25.8 Å². The zero-order valence-electron chi connectivity index (χ0n) is 28.1. The highest BCUT2D eigenvalue weighted by atomic mass is 32.1. The maximum absolute atomic E-state index is 5.42. The number of nitrogens with zero attached hydrogens (tertiary/aromatic N) is 2. The first-order valence-electron chi connectivity index (χ1n) is 17.7. The van der Waals surface area contributed by atoms with E-state index in [9.17, 15) is 0 Å². The molecule has 2 aromatic heterocycles. The zero-order chi connectivity index (χ0) is 34.2. The molecular formula is C49H30N2S. The van der Waals surface area contributed by atoms with Crippen molar-refractivity contribution in [1.29, 1.82) is 0 Å². The summed E-state index contributed by atoms with van der Waals surface area (Å²) >= 11 is 1.88. The average molecular weight is 679 g/mol. The summed E-state index contributed by atoms with van der Waals surface area (Å²) < 4.78 is 2.63. The van der Waals surface area contributed by atoms with Crippen molar-refractivity contribution in [3.8, 4) is 33.6 Å². The van der Waals surface area contributed by atoms with Gasteiger partial charge in [0.1, 0.15) is 0 Å². The summed E-state index contributed by atoms with van der Waals surface area (Å²) in [6.45, 7) is 0. The van der Waals surface area contributed by atoms with Gasteiger partial charge in [-0.2, -0.15) is 0 Å². The standard InChI is InChI=1S/C49H30N2S/c1-2-13-32(14-3-1)46-47(51-48-36-15-5-4-12-31(36)24-29-43(48)50-46)33-22-25-34(26-23-33)49(41-19-9-6-16-37(41)38-17-7-10-20-42(38)49)35-27-28-40-39-18-8-11-21-44(39)52-45(40)30-35/h1-30H. The fourth-order valence-corrected chi connectivity index (χ4v) is 9.79. The van der Waals surface area contributed by atoms with Gasteiger partial charge in [-0.05, 0) is 57.0 Å². The highest BCUT2D eigenvalue weighted by Crippen LogP contribution is 2.56. The Kier molecular flexibility index (Phi) is 6.37. The van der Waals surface area contributed by atoms with Crippen LogP contribution in [-0.4, -0.2) is 9.97 Å². The van der Waals surface area contributed by atoms with Gasteiger partial charge < -0.3 is 0 Å². The van der Waals surface area contributed by atoms with Crippen LogP contribution in [0.15, 0.2) is 182 Å². The molecule has 2 heterocycles. The number of fused-ring (bicyclic) bond motifs is 9. The largest absolute Gasteiger partial charge is 0.244 e. The summed E-state index contributed by atoms with van der Waals surface area (Å²) in [7, 11) is 0. The lowest BCUT2D eigenvalue weighted by molar-refractivity contribution is 0.770. The van der Waals surface area contributed by atoms with Crippen LogP contribution in [0.2, 0.25) is 0 Å². The van der Waals surface area contributed by atoms with Crippen molar-refractivity contribution in [3.05, 3.63) is 204 Å². The van der Waals surface area contributed by atoms with Crippen LogP contribution in [0, 0.1) is 0 Å². The van der Waals surface area contributed by atoms with Crippen molar-refractivity contribution in [2.24, 2.45) is 0 Å². The first-order chi connectivity index (χ1) is 25.8. The maximum atomic E-state index is 5.42. The van der Waals surface area contributed by atoms with Gasteiger partial charge in [-0.25, -0.2) is 9.97 Å². The van der Waals surface area contributed by atoms with Gasteiger partial charge in [-0.1, -0.05) is 164 Å². The molecule has 2 nitrogen and oxygen atoms in total. The highest BCUT2D eigenvalue weighted by Gasteiger charge is 2.46. The molecule has 1 aliphatic carbocycles. The molecule has 1 aliphatic rings. The van der Waals surface area contributed by atoms with Gasteiger partial charge >= 0.3 is 0 Å². The quantitative estimate of drug-likeness (QED) is 0.173. The van der Waals surface area contributed by atoms with Crippen molar-refractivity contribution in [1.82, 2.24) is 9.97 Å². The molecule has 10 aromatic rings. The molecule has 0 radical (unpaired) electrons. The van der Waals surface area contributed by atoms with E-state index in [0.29, 0.717) is 0 Å². The Balaban J connectivity index is 1.16. The molecule has 11 rings (SSSR count). The molecule has 0 saturated heterocycles. The maximum Gasteiger partial charge on any atom is 0.0973 e. The lowest BCUT2D eigenvalue weighted by Crippen LogP contribution is -2.28. The van der Waals surface area contributed by atoms with Crippen molar-refractivity contribution in [3.63, 3.8) is 0 Å². The molecular weight excluding hydrogens is 649 g/mol. The Morgan fingerprint density at radius 1 is 0.404 bits per heavy atom. The fourth-order valence-electron chi connectivity index (χ4n) is 8.65. The van der Waals surface area contributed by atoms with Gasteiger partial charge in [-0.15, -0.1) is 11.3 Å². The van der Waals surface area contributed by atoms with Gasteiger partial charge in [0.15, 0.2) is 0 Å². The summed E-state index contributed by atoms with van der Waals surface area (Å²) in [5.74, 6) is 0. The Morgan fingerprint density at radius 3 is 1.79 bits per heavy atom. The third-order valence-electron chi connectivity index (χ3n) is 11.0. The van der Waals surface area contributed by atoms with Crippen LogP contribution in [0.5, 0.6) is 0 Å². The molecule has 0 unspecified atom stereocenters. The van der Waals surface area contributed by atoms with E-state index < -0.39 is 5.41 Å². The smallest absolute Gasteiger partial charge is 0.0973 e. The summed E-state index contributed by atoms with van der Waals surface area (Å²) in [5.41, 5.74) is 12.9. The van der Waals surface area contributed by atoms with Gasteiger partial charge in [0.25, 0.3) is 0 Å². The second kappa shape index (κ2) is 11.3. The Labute approximate surface area is 305 Å². The summed E-state index contributed by atoms with van der Waals surface area (Å²) in [5, 5.41) is 4.90. The predicted octanol–water partition coefficient (Wildman–Crippen LogP) is 12.8. The molecule has 3 heteroatoms. The molecule has 0 spiro atoms. The number of hydrogen-bond donors (Lipinski definition) is 0. The van der Waals surface area contributed by atoms with Gasteiger partial charge in [-0.3, -0.25) is 0 Å². The predicted molar refractivity (Wildman–Crippen MR) is 218 cm³/mol. The molecule has 0 saturated carbocycles. The number of thiophene rings is 1. The van der Waals surface area contributed by atoms with Crippen LogP contribution in [-0.2, 0) is 5.41 Å². The van der Waals surface area contributed by atoms with E-state index in [1.165, 1.54) is 53.6 Å². The summed E-state index contributed by atoms with van der Waals surface area (Å²) in [6.07, 6.45) is 0. The summed E-state index contributed by atoms with van der Waals surface area (Å²) in [4.78, 5) is 10.7. The Morgan fingerprint density at radius 2 is 1.00 bits per heavy atom. The van der Waals surface area contributed by atoms with Gasteiger partial charge in [0.05, 0.1) is 27.8 Å². The van der Waals surface area contributed by atoms with E-state index in [2.05, 4.69) is 176 Å². The third kappa shape index (κ3) is 4.17. The number of aromatic nitrogens is 2. The lowest BCUT2D eigenvalue weighted by atomic mass is 9.67. The minimum absolute atomic E-state index is 0.496. The second-order valence-corrected chi connectivity index (χ2v) is 14.8. The number of rotatable bonds is 4. The van der Waals surface area contributed by atoms with Gasteiger partial charge in [0, 0.05) is 36.7 Å². The van der Waals surface area contributed by atoms with Crippen molar-refractivity contribution in [2.45, 2.75) is 5.41 Å². The molecule has 0 aliphatic heterocycles. The van der Waals surface area contributed by atoms with E-state index in [4.69, 9.17) is 9.97 Å². The van der Waals surface area contributed by atoms with Crippen LogP contribution >= 0.6 is 11.3 Å². The van der Waals surface area contributed by atoms with E-state index in [1.54, 1.807) is 0 Å². The van der Waals surface area contributed by atoms with Crippen molar-refractivity contribution < 1.29 is 0 Å². The second-order valence-electron chi connectivity index (χ2n) is 13.7. The van der Waals surface area contributed by atoms with Crippen LogP contribution in [0.4, 0.5) is 0 Å². The Hall–Kier alpha value is -6.42. The van der Waals surface area contributed by atoms with Crippen molar-refractivity contribution >= 4 is 53.3 Å². The minimum atomic E-state index is -0.496. The van der Waals surface area contributed by atoms with E-state index in [1.807, 2.05) is 17.4 Å². The first kappa shape index (κ1) is 29.3. The highest BCUT2D eigenvalue weighted by molar-refractivity contribution is 7.25. The normalized spacial score (nSPS) is 13.2. The van der Waals surface area contributed by atoms with Crippen LogP contribution < -0.4 is 0 Å². The van der Waals surface area contributed by atoms with Gasteiger partial charge in [0.2, 0.25) is 0 Å². The number of benzene rings is 8. The molecule has 8 aromatic carbocycles. The molecule has 0 N–H and O–H groups in total. The van der Waals surface area contributed by atoms with E-state index >= 15 is 0 Å². The molecule has 0 bridgehead atoms. The molecule has 0 amide bonds. The lowest BCUT2D eigenvalue weighted by Gasteiger charge is -2.34. The summed E-state index contributed by atoms with van der Waals surface area (Å²) in [6, 6.07) is 66.1. The van der Waals surface area contributed by atoms with Crippen LogP contribution in [0.3, 0.4) is 0 Å². The van der Waals surface area contributed by atoms with E-state index in [-0.39, 0.29) is 0 Å². The van der Waals surface area contributed by atoms with Crippen LogP contribution in [0.25, 0.3) is 75.6 Å². The molecule has 242 valence electrons. The van der Waals surface area contributed by atoms with E-state index in [0.717, 1.165) is 44.3 Å². The SMILES string of the molecule is c1ccc(-c2nc3ccc4ccccc4c3nc2-c2ccc(C3(c4ccc5c(c4)sc4ccccc45)c4ccccc4-c4ccccc43)cc2)cc1. The Bertz CT molecular complexity index is 2970. The minimum Gasteiger partial charge on any atom is -0.244 e. The van der Waals surface area contributed by atoms with Crippen molar-refractivity contribution in [2.75, 3.05) is 0 Å². The average Bonchev–Trinajstić information content (AvgIpc) is 3.74. The fraction of sp³-hybridized carbons (Fsp3) is 0.0204. The first-order valence-corrected chi connectivity index (χ1v) is 18.6. The van der Waals surface area contributed by atoms with Crippen LogP contribution in [0.1, 0.15) is 22.3 Å². The molecule has 52 heavy (non-hydrogen) atoms.